The van der Waals surface area contributed by atoms with Crippen molar-refractivity contribution in [2.75, 3.05) is 0 Å². The number of carbonyl (C=O) groups is 1. The van der Waals surface area contributed by atoms with Crippen LogP contribution in [0.1, 0.15) is 10.4 Å². The summed E-state index contributed by atoms with van der Waals surface area (Å²) in [5.74, 6) is 0. The molecule has 0 saturated heterocycles. The second-order valence-electron chi connectivity index (χ2n) is 6.15. The van der Waals surface area contributed by atoms with Crippen LogP contribution in [-0.4, -0.2) is 21.0 Å². The zero-order chi connectivity index (χ0) is 19.5. The number of nitro groups is 1. The molecule has 0 saturated carbocycles. The van der Waals surface area contributed by atoms with Gasteiger partial charge in [0, 0.05) is 23.3 Å². The predicted molar refractivity (Wildman–Crippen MR) is 106 cm³/mol. The molecule has 0 N–H and O–H groups in total. The van der Waals surface area contributed by atoms with E-state index in [2.05, 4.69) is 5.10 Å². The molecule has 6 nitrogen and oxygen atoms in total. The van der Waals surface area contributed by atoms with Gasteiger partial charge in [0.1, 0.15) is 5.69 Å². The molecule has 0 bridgehead atoms. The van der Waals surface area contributed by atoms with E-state index in [1.54, 1.807) is 16.8 Å². The van der Waals surface area contributed by atoms with Gasteiger partial charge in [-0.15, -0.1) is 0 Å². The van der Waals surface area contributed by atoms with Crippen LogP contribution in [-0.2, 0) is 0 Å². The molecule has 6 heteroatoms. The highest BCUT2D eigenvalue weighted by molar-refractivity contribution is 5.95. The van der Waals surface area contributed by atoms with E-state index in [1.807, 2.05) is 60.7 Å². The van der Waals surface area contributed by atoms with Crippen LogP contribution in [0.25, 0.3) is 28.2 Å². The van der Waals surface area contributed by atoms with Crippen LogP contribution in [0, 0.1) is 10.1 Å². The lowest BCUT2D eigenvalue weighted by Gasteiger charge is -2.08. The first kappa shape index (κ1) is 17.4. The molecule has 0 aliphatic heterocycles. The Balaban J connectivity index is 2.03. The number of hydrogen-bond donors (Lipinski definition) is 0. The number of rotatable bonds is 5. The van der Waals surface area contributed by atoms with Gasteiger partial charge in [-0.2, -0.15) is 5.10 Å². The van der Waals surface area contributed by atoms with Crippen molar-refractivity contribution in [2.24, 2.45) is 0 Å². The SMILES string of the molecule is O=Cc1c(-c2ccccc2)nn(-c2ccccc2)c1-c1cccc([N+](=O)[O-])c1. The third kappa shape index (κ3) is 3.07. The number of nitrogens with zero attached hydrogens (tertiary/aromatic N) is 3. The smallest absolute Gasteiger partial charge is 0.270 e. The van der Waals surface area contributed by atoms with Gasteiger partial charge in [-0.25, -0.2) is 4.68 Å². The topological polar surface area (TPSA) is 78.0 Å². The van der Waals surface area contributed by atoms with Crippen molar-refractivity contribution in [1.29, 1.82) is 0 Å². The summed E-state index contributed by atoms with van der Waals surface area (Å²) in [6, 6.07) is 25.0. The summed E-state index contributed by atoms with van der Waals surface area (Å²) >= 11 is 0. The van der Waals surface area contributed by atoms with Crippen molar-refractivity contribution in [3.63, 3.8) is 0 Å². The second kappa shape index (κ2) is 7.28. The molecule has 0 unspecified atom stereocenters. The number of aromatic nitrogens is 2. The summed E-state index contributed by atoms with van der Waals surface area (Å²) in [6.45, 7) is 0. The summed E-state index contributed by atoms with van der Waals surface area (Å²) < 4.78 is 1.66. The minimum Gasteiger partial charge on any atom is -0.298 e. The molecule has 1 heterocycles. The van der Waals surface area contributed by atoms with Crippen molar-refractivity contribution in [3.05, 3.63) is 101 Å². The quantitative estimate of drug-likeness (QED) is 0.284. The van der Waals surface area contributed by atoms with Crippen LogP contribution in [0.15, 0.2) is 84.9 Å². The molecule has 0 atom stereocenters. The van der Waals surface area contributed by atoms with E-state index in [1.165, 1.54) is 12.1 Å². The van der Waals surface area contributed by atoms with Crippen LogP contribution in [0.5, 0.6) is 0 Å². The number of non-ortho nitro benzene ring substituents is 1. The Morgan fingerprint density at radius 3 is 2.14 bits per heavy atom. The lowest BCUT2D eigenvalue weighted by atomic mass is 10.0. The van der Waals surface area contributed by atoms with Crippen molar-refractivity contribution in [3.8, 4) is 28.2 Å². The fraction of sp³-hybridized carbons (Fsp3) is 0. The van der Waals surface area contributed by atoms with Crippen molar-refractivity contribution >= 4 is 12.0 Å². The Kier molecular flexibility index (Phi) is 4.51. The molecule has 28 heavy (non-hydrogen) atoms. The zero-order valence-electron chi connectivity index (χ0n) is 14.7. The number of para-hydroxylation sites is 1. The summed E-state index contributed by atoms with van der Waals surface area (Å²) in [4.78, 5) is 22.9. The van der Waals surface area contributed by atoms with Gasteiger partial charge in [-0.05, 0) is 12.1 Å². The van der Waals surface area contributed by atoms with Gasteiger partial charge in [0.05, 0.1) is 21.9 Å². The van der Waals surface area contributed by atoms with Crippen LogP contribution >= 0.6 is 0 Å². The normalized spacial score (nSPS) is 10.6. The molecule has 0 aliphatic carbocycles. The monoisotopic (exact) mass is 369 g/mol. The molecule has 0 radical (unpaired) electrons. The number of benzene rings is 3. The highest BCUT2D eigenvalue weighted by atomic mass is 16.6. The Morgan fingerprint density at radius 2 is 1.50 bits per heavy atom. The summed E-state index contributed by atoms with van der Waals surface area (Å²) in [6.07, 6.45) is 0.753. The Hall–Kier alpha value is -4.06. The molecule has 0 spiro atoms. The third-order valence-electron chi connectivity index (χ3n) is 4.42. The van der Waals surface area contributed by atoms with Crippen LogP contribution in [0.2, 0.25) is 0 Å². The van der Waals surface area contributed by atoms with Gasteiger partial charge < -0.3 is 0 Å². The summed E-state index contributed by atoms with van der Waals surface area (Å²) in [7, 11) is 0. The average Bonchev–Trinajstić information content (AvgIpc) is 3.15. The first-order valence-corrected chi connectivity index (χ1v) is 8.63. The molecule has 136 valence electrons. The Bertz CT molecular complexity index is 1150. The number of carbonyl (C=O) groups excluding carboxylic acids is 1. The van der Waals surface area contributed by atoms with Gasteiger partial charge in [0.15, 0.2) is 6.29 Å². The molecule has 0 amide bonds. The lowest BCUT2D eigenvalue weighted by molar-refractivity contribution is -0.384. The Labute approximate surface area is 160 Å². The fourth-order valence-electron chi connectivity index (χ4n) is 3.15. The van der Waals surface area contributed by atoms with Crippen LogP contribution in [0.3, 0.4) is 0 Å². The first-order chi connectivity index (χ1) is 13.7. The predicted octanol–water partition coefficient (Wildman–Crippen LogP) is 4.93. The van der Waals surface area contributed by atoms with E-state index in [0.29, 0.717) is 22.5 Å². The Morgan fingerprint density at radius 1 is 0.857 bits per heavy atom. The fourth-order valence-corrected chi connectivity index (χ4v) is 3.15. The minimum absolute atomic E-state index is 0.0450. The van der Waals surface area contributed by atoms with E-state index < -0.39 is 4.92 Å². The molecular weight excluding hydrogens is 354 g/mol. The molecular formula is C22H15N3O3. The zero-order valence-corrected chi connectivity index (χ0v) is 14.7. The summed E-state index contributed by atoms with van der Waals surface area (Å²) in [5, 5.41) is 15.9. The van der Waals surface area contributed by atoms with Crippen molar-refractivity contribution in [1.82, 2.24) is 9.78 Å². The van der Waals surface area contributed by atoms with E-state index in [-0.39, 0.29) is 5.69 Å². The maximum absolute atomic E-state index is 12.1. The highest BCUT2D eigenvalue weighted by Crippen LogP contribution is 2.34. The van der Waals surface area contributed by atoms with Crippen molar-refractivity contribution in [2.45, 2.75) is 0 Å². The molecule has 4 aromatic rings. The van der Waals surface area contributed by atoms with Gasteiger partial charge in [-0.1, -0.05) is 60.7 Å². The first-order valence-electron chi connectivity index (χ1n) is 8.63. The molecule has 1 aromatic heterocycles. The lowest BCUT2D eigenvalue weighted by Crippen LogP contribution is -2.00. The number of hydrogen-bond acceptors (Lipinski definition) is 4. The van der Waals surface area contributed by atoms with Crippen LogP contribution in [0.4, 0.5) is 5.69 Å². The van der Waals surface area contributed by atoms with Crippen molar-refractivity contribution < 1.29 is 9.72 Å². The van der Waals surface area contributed by atoms with Gasteiger partial charge in [0.2, 0.25) is 0 Å². The molecule has 0 aliphatic rings. The largest absolute Gasteiger partial charge is 0.298 e. The van der Waals surface area contributed by atoms with E-state index in [9.17, 15) is 14.9 Å². The van der Waals surface area contributed by atoms with Gasteiger partial charge in [0.25, 0.3) is 5.69 Å². The molecule has 3 aromatic carbocycles. The maximum Gasteiger partial charge on any atom is 0.270 e. The number of nitro benzene ring substituents is 1. The molecule has 4 rings (SSSR count). The second-order valence-corrected chi connectivity index (χ2v) is 6.15. The van der Waals surface area contributed by atoms with E-state index >= 15 is 0 Å². The summed E-state index contributed by atoms with van der Waals surface area (Å²) in [5.41, 5.74) is 3.49. The van der Waals surface area contributed by atoms with Gasteiger partial charge >= 0.3 is 0 Å². The average molecular weight is 369 g/mol. The van der Waals surface area contributed by atoms with E-state index in [0.717, 1.165) is 17.5 Å². The van der Waals surface area contributed by atoms with E-state index in [4.69, 9.17) is 0 Å². The maximum atomic E-state index is 12.1. The standard InChI is InChI=1S/C22H15N3O3/c26-15-20-21(16-8-3-1-4-9-16)23-24(18-11-5-2-6-12-18)22(20)17-10-7-13-19(14-17)25(27)28/h1-15H. The minimum atomic E-state index is -0.453. The number of aldehydes is 1. The van der Waals surface area contributed by atoms with Gasteiger partial charge in [-0.3, -0.25) is 14.9 Å². The molecule has 0 fully saturated rings. The highest BCUT2D eigenvalue weighted by Gasteiger charge is 2.22. The van der Waals surface area contributed by atoms with Crippen LogP contribution < -0.4 is 0 Å². The third-order valence-corrected chi connectivity index (χ3v) is 4.42.